The molecule has 0 aliphatic rings. The number of amidine groups is 1. The molecule has 0 aliphatic carbocycles. The van der Waals surface area contributed by atoms with E-state index in [1.165, 1.54) is 5.56 Å². The molecule has 4 nitrogen and oxygen atoms in total. The molecule has 0 unspecified atom stereocenters. The van der Waals surface area contributed by atoms with E-state index in [0.717, 1.165) is 5.75 Å². The van der Waals surface area contributed by atoms with Crippen LogP contribution >= 0.6 is 0 Å². The fourth-order valence-electron chi connectivity index (χ4n) is 1.70. The summed E-state index contributed by atoms with van der Waals surface area (Å²) in [4.78, 5) is 4.00. The number of nitrogens with two attached hydrogens (primary N) is 1. The van der Waals surface area contributed by atoms with E-state index in [4.69, 9.17) is 15.9 Å². The summed E-state index contributed by atoms with van der Waals surface area (Å²) >= 11 is 0. The number of aromatic nitrogens is 1. The minimum absolute atomic E-state index is 0.0682. The first kappa shape index (κ1) is 13.1. The summed E-state index contributed by atoms with van der Waals surface area (Å²) in [6.45, 7) is 4.28. The third-order valence-electron chi connectivity index (χ3n) is 2.77. The third kappa shape index (κ3) is 3.31. The predicted molar refractivity (Wildman–Crippen MR) is 75.9 cm³/mol. The minimum Gasteiger partial charge on any atom is -0.457 e. The van der Waals surface area contributed by atoms with E-state index in [-0.39, 0.29) is 5.84 Å². The zero-order chi connectivity index (χ0) is 13.8. The van der Waals surface area contributed by atoms with Crippen molar-refractivity contribution in [2.24, 2.45) is 5.73 Å². The van der Waals surface area contributed by atoms with Crippen LogP contribution in [0.4, 0.5) is 0 Å². The highest BCUT2D eigenvalue weighted by atomic mass is 16.5. The molecule has 3 N–H and O–H groups in total. The second-order valence-corrected chi connectivity index (χ2v) is 4.62. The van der Waals surface area contributed by atoms with Crippen molar-refractivity contribution in [3.63, 3.8) is 0 Å². The van der Waals surface area contributed by atoms with Crippen LogP contribution in [-0.2, 0) is 0 Å². The van der Waals surface area contributed by atoms with E-state index in [0.29, 0.717) is 17.4 Å². The Morgan fingerprint density at radius 1 is 1.21 bits per heavy atom. The van der Waals surface area contributed by atoms with Crippen LogP contribution < -0.4 is 10.5 Å². The van der Waals surface area contributed by atoms with E-state index >= 15 is 0 Å². The van der Waals surface area contributed by atoms with Gasteiger partial charge in [-0.25, -0.2) is 0 Å². The topological polar surface area (TPSA) is 72.0 Å². The predicted octanol–water partition coefficient (Wildman–Crippen LogP) is 3.28. The van der Waals surface area contributed by atoms with Gasteiger partial charge in [-0.05, 0) is 29.7 Å². The van der Waals surface area contributed by atoms with E-state index in [2.05, 4.69) is 24.9 Å². The van der Waals surface area contributed by atoms with Crippen LogP contribution in [0, 0.1) is 5.41 Å². The Morgan fingerprint density at radius 3 is 2.63 bits per heavy atom. The number of nitrogens with zero attached hydrogens (tertiary/aromatic N) is 1. The number of rotatable bonds is 4. The highest BCUT2D eigenvalue weighted by Crippen LogP contribution is 2.25. The van der Waals surface area contributed by atoms with Gasteiger partial charge in [0, 0.05) is 12.3 Å². The molecule has 2 rings (SSSR count). The van der Waals surface area contributed by atoms with Gasteiger partial charge >= 0.3 is 0 Å². The van der Waals surface area contributed by atoms with E-state index < -0.39 is 0 Å². The van der Waals surface area contributed by atoms with Crippen molar-refractivity contribution in [2.75, 3.05) is 0 Å². The molecule has 0 spiro atoms. The first-order chi connectivity index (χ1) is 9.06. The molecule has 0 saturated heterocycles. The number of pyridine rings is 1. The van der Waals surface area contributed by atoms with Crippen LogP contribution in [-0.4, -0.2) is 10.8 Å². The van der Waals surface area contributed by atoms with Crippen LogP contribution in [0.1, 0.15) is 31.0 Å². The summed E-state index contributed by atoms with van der Waals surface area (Å²) in [6, 6.07) is 11.4. The summed E-state index contributed by atoms with van der Waals surface area (Å²) in [5, 5.41) is 7.36. The average molecular weight is 255 g/mol. The number of ether oxygens (including phenoxy) is 1. The van der Waals surface area contributed by atoms with Gasteiger partial charge in [-0.15, -0.1) is 0 Å². The molecule has 1 aromatic carbocycles. The lowest BCUT2D eigenvalue weighted by Gasteiger charge is -2.10. The molecule has 0 radical (unpaired) electrons. The summed E-state index contributed by atoms with van der Waals surface area (Å²) < 4.78 is 5.77. The Kier molecular flexibility index (Phi) is 3.80. The van der Waals surface area contributed by atoms with Gasteiger partial charge in [0.2, 0.25) is 0 Å². The molecule has 0 aliphatic heterocycles. The highest BCUT2D eigenvalue weighted by molar-refractivity contribution is 5.93. The number of nitrogen functional groups attached to an aromatic ring is 1. The Bertz CT molecular complexity index is 593. The molecular formula is C15H17N3O. The first-order valence-electron chi connectivity index (χ1n) is 6.14. The van der Waals surface area contributed by atoms with Crippen molar-refractivity contribution < 1.29 is 4.74 Å². The van der Waals surface area contributed by atoms with Gasteiger partial charge in [-0.2, -0.15) is 0 Å². The number of hydrogen-bond donors (Lipinski definition) is 2. The van der Waals surface area contributed by atoms with Crippen molar-refractivity contribution >= 4 is 5.84 Å². The summed E-state index contributed by atoms with van der Waals surface area (Å²) in [7, 11) is 0. The standard InChI is InChI=1S/C15H17N3O/c1-10(2)11-4-3-5-12(8-11)19-13-6-7-18-14(9-13)15(16)17/h3-10H,1-2H3,(H3,16,17). The molecule has 1 aromatic heterocycles. The summed E-state index contributed by atoms with van der Waals surface area (Å²) in [5.41, 5.74) is 7.04. The van der Waals surface area contributed by atoms with Crippen LogP contribution in [0.25, 0.3) is 0 Å². The molecule has 0 atom stereocenters. The zero-order valence-corrected chi connectivity index (χ0v) is 11.1. The molecule has 2 aromatic rings. The van der Waals surface area contributed by atoms with Gasteiger partial charge in [-0.3, -0.25) is 10.4 Å². The van der Waals surface area contributed by atoms with Crippen molar-refractivity contribution in [1.29, 1.82) is 5.41 Å². The maximum Gasteiger partial charge on any atom is 0.141 e. The van der Waals surface area contributed by atoms with Crippen LogP contribution in [0.2, 0.25) is 0 Å². The lowest BCUT2D eigenvalue weighted by Crippen LogP contribution is -2.12. The average Bonchev–Trinajstić information content (AvgIpc) is 2.39. The normalized spacial score (nSPS) is 10.5. The molecule has 98 valence electrons. The molecule has 0 amide bonds. The Hall–Kier alpha value is -2.36. The fraction of sp³-hybridized carbons (Fsp3) is 0.200. The summed E-state index contributed by atoms with van der Waals surface area (Å²) in [5.74, 6) is 1.78. The van der Waals surface area contributed by atoms with Gasteiger partial charge in [0.05, 0.1) is 0 Å². The van der Waals surface area contributed by atoms with Gasteiger partial charge in [0.1, 0.15) is 23.0 Å². The largest absolute Gasteiger partial charge is 0.457 e. The van der Waals surface area contributed by atoms with E-state index in [9.17, 15) is 0 Å². The molecule has 0 bridgehead atoms. The molecular weight excluding hydrogens is 238 g/mol. The molecule has 1 heterocycles. The smallest absolute Gasteiger partial charge is 0.141 e. The van der Waals surface area contributed by atoms with Crippen molar-refractivity contribution in [1.82, 2.24) is 4.98 Å². The van der Waals surface area contributed by atoms with Gasteiger partial charge in [0.15, 0.2) is 0 Å². The molecule has 4 heteroatoms. The monoisotopic (exact) mass is 255 g/mol. The van der Waals surface area contributed by atoms with Crippen molar-refractivity contribution in [3.05, 3.63) is 53.9 Å². The fourth-order valence-corrected chi connectivity index (χ4v) is 1.70. The Labute approximate surface area is 112 Å². The minimum atomic E-state index is -0.0682. The number of nitrogens with one attached hydrogen (secondary N) is 1. The quantitative estimate of drug-likeness (QED) is 0.650. The maximum absolute atomic E-state index is 7.36. The van der Waals surface area contributed by atoms with E-state index in [1.54, 1.807) is 18.3 Å². The van der Waals surface area contributed by atoms with Gasteiger partial charge in [0.25, 0.3) is 0 Å². The Morgan fingerprint density at radius 2 is 1.95 bits per heavy atom. The lowest BCUT2D eigenvalue weighted by atomic mass is 10.0. The third-order valence-corrected chi connectivity index (χ3v) is 2.77. The first-order valence-corrected chi connectivity index (χ1v) is 6.14. The maximum atomic E-state index is 7.36. The second-order valence-electron chi connectivity index (χ2n) is 4.62. The Balaban J connectivity index is 2.23. The van der Waals surface area contributed by atoms with E-state index in [1.807, 2.05) is 18.2 Å². The van der Waals surface area contributed by atoms with Gasteiger partial charge in [-0.1, -0.05) is 26.0 Å². The van der Waals surface area contributed by atoms with Gasteiger partial charge < -0.3 is 10.5 Å². The van der Waals surface area contributed by atoms with Crippen LogP contribution in [0.3, 0.4) is 0 Å². The second kappa shape index (κ2) is 5.52. The highest BCUT2D eigenvalue weighted by Gasteiger charge is 2.04. The summed E-state index contributed by atoms with van der Waals surface area (Å²) in [6.07, 6.45) is 1.58. The lowest BCUT2D eigenvalue weighted by molar-refractivity contribution is 0.480. The van der Waals surface area contributed by atoms with Crippen molar-refractivity contribution in [2.45, 2.75) is 19.8 Å². The van der Waals surface area contributed by atoms with Crippen LogP contribution in [0.15, 0.2) is 42.6 Å². The van der Waals surface area contributed by atoms with Crippen LogP contribution in [0.5, 0.6) is 11.5 Å². The SMILES string of the molecule is CC(C)c1cccc(Oc2ccnc(C(=N)N)c2)c1. The van der Waals surface area contributed by atoms with Crippen molar-refractivity contribution in [3.8, 4) is 11.5 Å². The molecule has 0 fully saturated rings. The molecule has 19 heavy (non-hydrogen) atoms. The number of benzene rings is 1. The molecule has 0 saturated carbocycles. The zero-order valence-electron chi connectivity index (χ0n) is 11.1. The number of hydrogen-bond acceptors (Lipinski definition) is 3.